The summed E-state index contributed by atoms with van der Waals surface area (Å²) in [7, 11) is 1.98. The third-order valence-electron chi connectivity index (χ3n) is 6.13. The Hall–Kier alpha value is -2.10. The molecule has 4 heteroatoms. The number of nitrogens with zero attached hydrogens (tertiary/aromatic N) is 2. The van der Waals surface area contributed by atoms with E-state index in [1.54, 1.807) is 4.90 Å². The average Bonchev–Trinajstić information content (AvgIpc) is 2.73. The van der Waals surface area contributed by atoms with E-state index < -0.39 is 0 Å². The fourth-order valence-electron chi connectivity index (χ4n) is 4.59. The van der Waals surface area contributed by atoms with Crippen LogP contribution in [0.5, 0.6) is 0 Å². The number of hydrogen-bond acceptors (Lipinski definition) is 2. The predicted molar refractivity (Wildman–Crippen MR) is 104 cm³/mol. The molecule has 1 saturated carbocycles. The number of hydrogen-bond donors (Lipinski definition) is 0. The smallest absolute Gasteiger partial charge is 0.245 e. The van der Waals surface area contributed by atoms with Crippen LogP contribution in [0.25, 0.3) is 0 Å². The monoisotopic (exact) mass is 354 g/mol. The van der Waals surface area contributed by atoms with Crippen LogP contribution in [-0.4, -0.2) is 47.8 Å². The fraction of sp³-hybridized carbons (Fsp3) is 0.545. The van der Waals surface area contributed by atoms with Gasteiger partial charge in [0.05, 0.1) is 0 Å². The van der Waals surface area contributed by atoms with Gasteiger partial charge >= 0.3 is 0 Å². The molecule has 140 valence electrons. The molecule has 1 aromatic rings. The lowest BCUT2D eigenvalue weighted by Gasteiger charge is -2.41. The second-order valence-electron chi connectivity index (χ2n) is 7.62. The molecule has 0 spiro atoms. The molecule has 4 nitrogen and oxygen atoms in total. The van der Waals surface area contributed by atoms with Crippen molar-refractivity contribution >= 4 is 11.8 Å². The maximum Gasteiger partial charge on any atom is 0.245 e. The first-order chi connectivity index (χ1) is 12.6. The van der Waals surface area contributed by atoms with Gasteiger partial charge in [-0.15, -0.1) is 0 Å². The lowest BCUT2D eigenvalue weighted by molar-refractivity contribution is -0.141. The Bertz CT molecular complexity index is 635. The summed E-state index contributed by atoms with van der Waals surface area (Å²) in [5.41, 5.74) is 1.35. The Kier molecular flexibility index (Phi) is 6.12. The van der Waals surface area contributed by atoms with E-state index in [0.717, 1.165) is 25.7 Å². The first-order valence-corrected chi connectivity index (χ1v) is 9.84. The minimum absolute atomic E-state index is 0.0272. The largest absolute Gasteiger partial charge is 0.342 e. The van der Waals surface area contributed by atoms with E-state index in [1.165, 1.54) is 24.5 Å². The maximum atomic E-state index is 13.1. The molecular weight excluding hydrogens is 324 g/mol. The molecule has 1 aliphatic carbocycles. The molecule has 26 heavy (non-hydrogen) atoms. The summed E-state index contributed by atoms with van der Waals surface area (Å²) in [6.45, 7) is 4.86. The number of piperidine rings is 1. The highest BCUT2D eigenvalue weighted by Gasteiger charge is 2.35. The van der Waals surface area contributed by atoms with Gasteiger partial charge in [-0.1, -0.05) is 49.8 Å². The van der Waals surface area contributed by atoms with Gasteiger partial charge in [-0.2, -0.15) is 0 Å². The molecule has 0 aromatic heterocycles. The number of benzene rings is 1. The van der Waals surface area contributed by atoms with Crippen LogP contribution in [0, 0.1) is 5.92 Å². The van der Waals surface area contributed by atoms with Crippen molar-refractivity contribution in [3.05, 3.63) is 48.6 Å². The van der Waals surface area contributed by atoms with Crippen molar-refractivity contribution < 1.29 is 9.59 Å². The van der Waals surface area contributed by atoms with Crippen molar-refractivity contribution in [3.63, 3.8) is 0 Å². The van der Waals surface area contributed by atoms with E-state index in [1.807, 2.05) is 11.9 Å². The van der Waals surface area contributed by atoms with E-state index in [2.05, 4.69) is 36.9 Å². The van der Waals surface area contributed by atoms with Gasteiger partial charge in [-0.3, -0.25) is 9.59 Å². The van der Waals surface area contributed by atoms with Crippen LogP contribution in [-0.2, 0) is 9.59 Å². The quantitative estimate of drug-likeness (QED) is 0.775. The van der Waals surface area contributed by atoms with Crippen molar-refractivity contribution in [2.45, 2.75) is 50.5 Å². The Morgan fingerprint density at radius 3 is 2.38 bits per heavy atom. The number of carbonyl (C=O) groups excluding carboxylic acids is 2. The van der Waals surface area contributed by atoms with Crippen LogP contribution in [0.2, 0.25) is 0 Å². The van der Waals surface area contributed by atoms with Crippen molar-refractivity contribution in [3.8, 4) is 0 Å². The molecular formula is C22H30N2O2. The van der Waals surface area contributed by atoms with Crippen LogP contribution in [0.15, 0.2) is 43.0 Å². The van der Waals surface area contributed by atoms with Gasteiger partial charge in [0.1, 0.15) is 0 Å². The second-order valence-corrected chi connectivity index (χ2v) is 7.62. The van der Waals surface area contributed by atoms with Crippen LogP contribution in [0.1, 0.15) is 50.0 Å². The van der Waals surface area contributed by atoms with Crippen molar-refractivity contribution in [2.75, 3.05) is 20.1 Å². The Balaban J connectivity index is 1.65. The Morgan fingerprint density at radius 2 is 1.73 bits per heavy atom. The zero-order valence-corrected chi connectivity index (χ0v) is 15.8. The molecule has 0 N–H and O–H groups in total. The molecule has 2 unspecified atom stereocenters. The third-order valence-corrected chi connectivity index (χ3v) is 6.13. The van der Waals surface area contributed by atoms with Crippen LogP contribution in [0.4, 0.5) is 0 Å². The first kappa shape index (κ1) is 18.7. The second kappa shape index (κ2) is 8.52. The van der Waals surface area contributed by atoms with Gasteiger partial charge in [0.15, 0.2) is 0 Å². The molecule has 1 aromatic carbocycles. The topological polar surface area (TPSA) is 40.6 Å². The number of likely N-dealkylation sites (N-methyl/N-ethyl adjacent to an activating group) is 1. The lowest BCUT2D eigenvalue weighted by atomic mass is 9.79. The Morgan fingerprint density at radius 1 is 1.08 bits per heavy atom. The summed E-state index contributed by atoms with van der Waals surface area (Å²) in [5.74, 6) is 0.692. The molecule has 2 atom stereocenters. The Labute approximate surface area is 156 Å². The van der Waals surface area contributed by atoms with Crippen LogP contribution >= 0.6 is 0 Å². The van der Waals surface area contributed by atoms with Crippen molar-refractivity contribution in [2.24, 2.45) is 5.92 Å². The van der Waals surface area contributed by atoms with E-state index in [0.29, 0.717) is 19.0 Å². The summed E-state index contributed by atoms with van der Waals surface area (Å²) < 4.78 is 0. The molecule has 2 aliphatic rings. The third kappa shape index (κ3) is 4.00. The number of likely N-dealkylation sites (tertiary alicyclic amines) is 1. The molecule has 1 saturated heterocycles. The standard InChI is InChI=1S/C22H30N2O2/c1-3-21(25)24-15-13-18(14-16-24)22(26)23(2)20-12-8-7-11-19(20)17-9-5-4-6-10-17/h3-6,9-10,18-20H,1,7-8,11-16H2,2H3. The van der Waals surface area contributed by atoms with Crippen molar-refractivity contribution in [1.82, 2.24) is 9.80 Å². The van der Waals surface area contributed by atoms with Crippen molar-refractivity contribution in [1.29, 1.82) is 0 Å². The highest BCUT2D eigenvalue weighted by molar-refractivity contribution is 5.87. The molecule has 2 amide bonds. The van der Waals surface area contributed by atoms with Gasteiger partial charge in [0, 0.05) is 38.0 Å². The number of carbonyl (C=O) groups is 2. The SMILES string of the molecule is C=CC(=O)N1CCC(C(=O)N(C)C2CCCCC2c2ccccc2)CC1. The highest BCUT2D eigenvalue weighted by Crippen LogP contribution is 2.36. The van der Waals surface area contributed by atoms with Crippen LogP contribution in [0.3, 0.4) is 0 Å². The zero-order chi connectivity index (χ0) is 18.5. The minimum Gasteiger partial charge on any atom is -0.342 e. The first-order valence-electron chi connectivity index (χ1n) is 9.84. The van der Waals surface area contributed by atoms with Gasteiger partial charge < -0.3 is 9.80 Å². The average molecular weight is 354 g/mol. The zero-order valence-electron chi connectivity index (χ0n) is 15.8. The van der Waals surface area contributed by atoms with E-state index >= 15 is 0 Å². The predicted octanol–water partition coefficient (Wildman–Crippen LogP) is 3.60. The van der Waals surface area contributed by atoms with Gasteiger partial charge in [-0.05, 0) is 37.3 Å². The molecule has 1 heterocycles. The normalized spacial score (nSPS) is 24.1. The minimum atomic E-state index is -0.0272. The molecule has 0 bridgehead atoms. The summed E-state index contributed by atoms with van der Waals surface area (Å²) in [4.78, 5) is 28.7. The van der Waals surface area contributed by atoms with Crippen LogP contribution < -0.4 is 0 Å². The highest BCUT2D eigenvalue weighted by atomic mass is 16.2. The summed E-state index contributed by atoms with van der Waals surface area (Å²) >= 11 is 0. The molecule has 1 aliphatic heterocycles. The lowest BCUT2D eigenvalue weighted by Crippen LogP contribution is -2.48. The van der Waals surface area contributed by atoms with Gasteiger partial charge in [-0.25, -0.2) is 0 Å². The van der Waals surface area contributed by atoms with E-state index in [9.17, 15) is 9.59 Å². The van der Waals surface area contributed by atoms with Gasteiger partial charge in [0.25, 0.3) is 0 Å². The fourth-order valence-corrected chi connectivity index (χ4v) is 4.59. The molecule has 0 radical (unpaired) electrons. The molecule has 2 fully saturated rings. The maximum absolute atomic E-state index is 13.1. The summed E-state index contributed by atoms with van der Waals surface area (Å²) in [6, 6.07) is 10.9. The number of rotatable bonds is 4. The summed E-state index contributed by atoms with van der Waals surface area (Å²) in [5, 5.41) is 0. The molecule has 3 rings (SSSR count). The van der Waals surface area contributed by atoms with E-state index in [-0.39, 0.29) is 23.8 Å². The summed E-state index contributed by atoms with van der Waals surface area (Å²) in [6.07, 6.45) is 7.53. The van der Waals surface area contributed by atoms with Gasteiger partial charge in [0.2, 0.25) is 11.8 Å². The van der Waals surface area contributed by atoms with E-state index in [4.69, 9.17) is 0 Å². The number of amides is 2.